The number of halogens is 6. The molecule has 0 aliphatic rings. The van der Waals surface area contributed by atoms with Crippen LogP contribution in [0.5, 0.6) is 0 Å². The maximum atomic E-state index is 15.4. The molecule has 0 unspecified atom stereocenters. The summed E-state index contributed by atoms with van der Waals surface area (Å²) in [5.74, 6) is -1.63. The van der Waals surface area contributed by atoms with Gasteiger partial charge in [0.1, 0.15) is 11.7 Å². The molecular weight excluding hydrogens is 617 g/mol. The van der Waals surface area contributed by atoms with Crippen molar-refractivity contribution in [3.05, 3.63) is 99.9 Å². The highest BCUT2D eigenvalue weighted by molar-refractivity contribution is 6.31. The van der Waals surface area contributed by atoms with E-state index in [1.165, 1.54) is 70.1 Å². The van der Waals surface area contributed by atoms with Gasteiger partial charge in [0.05, 0.1) is 40.4 Å². The highest BCUT2D eigenvalue weighted by atomic mass is 35.5. The molecule has 12 nitrogen and oxygen atoms in total. The van der Waals surface area contributed by atoms with Gasteiger partial charge in [-0.3, -0.25) is 4.68 Å². The molecule has 0 aliphatic heterocycles. The van der Waals surface area contributed by atoms with Crippen molar-refractivity contribution in [3.63, 3.8) is 0 Å². The van der Waals surface area contributed by atoms with E-state index >= 15 is 4.39 Å². The van der Waals surface area contributed by atoms with Crippen molar-refractivity contribution in [3.8, 4) is 28.1 Å². The molecule has 0 aliphatic carbocycles. The third-order valence-corrected chi connectivity index (χ3v) is 7.09. The van der Waals surface area contributed by atoms with Crippen molar-refractivity contribution in [1.29, 1.82) is 0 Å². The maximum Gasteiger partial charge on any atom is 0.333 e. The Labute approximate surface area is 248 Å². The van der Waals surface area contributed by atoms with E-state index in [0.29, 0.717) is 20.5 Å². The summed E-state index contributed by atoms with van der Waals surface area (Å²) in [4.78, 5) is 0. The molecule has 0 bridgehead atoms. The average molecular weight is 634 g/mol. The van der Waals surface area contributed by atoms with Crippen LogP contribution in [0, 0.1) is 17.0 Å². The molecule has 0 saturated carbocycles. The normalized spacial score (nSPS) is 12.4. The van der Waals surface area contributed by atoms with Gasteiger partial charge in [0.15, 0.2) is 17.2 Å². The minimum atomic E-state index is -2.87. The average Bonchev–Trinajstić information content (AvgIpc) is 3.77. The number of hydrogen-bond acceptors (Lipinski definition) is 7. The van der Waals surface area contributed by atoms with E-state index in [1.807, 2.05) is 0 Å². The second kappa shape index (κ2) is 11.1. The highest BCUT2D eigenvalue weighted by Gasteiger charge is 2.28. The van der Waals surface area contributed by atoms with E-state index < -0.39 is 24.4 Å². The summed E-state index contributed by atoms with van der Waals surface area (Å²) >= 11 is 12.0. The van der Waals surface area contributed by atoms with Gasteiger partial charge in [0.25, 0.3) is 5.95 Å². The van der Waals surface area contributed by atoms with E-state index in [4.69, 9.17) is 23.2 Å². The predicted molar refractivity (Wildman–Crippen MR) is 143 cm³/mol. The summed E-state index contributed by atoms with van der Waals surface area (Å²) in [7, 11) is 1.50. The largest absolute Gasteiger partial charge is 0.618 e. The van der Waals surface area contributed by atoms with Crippen LogP contribution in [0.2, 0.25) is 10.2 Å². The maximum absolute atomic E-state index is 15.4. The van der Waals surface area contributed by atoms with Gasteiger partial charge in [0, 0.05) is 37.5 Å². The third kappa shape index (κ3) is 5.30. The van der Waals surface area contributed by atoms with Crippen LogP contribution in [0.3, 0.4) is 0 Å². The quantitative estimate of drug-likeness (QED) is 0.137. The van der Waals surface area contributed by atoms with Crippen LogP contribution in [-0.4, -0.2) is 49.5 Å². The number of rotatable bonds is 8. The van der Waals surface area contributed by atoms with Crippen LogP contribution in [0.15, 0.2) is 61.4 Å². The second-order valence-corrected chi connectivity index (χ2v) is 10.1. The highest BCUT2D eigenvalue weighted by Crippen LogP contribution is 2.34. The SMILES string of the molecule is Cn1nnc(F)c1-c1cnn([C@H](Cc2cnn(C(F)F)c2)c2ccc(-c3c(-n4cc(Cl)nn4)ccc(Cl)c3F)c[n+]2[O-])c1. The lowest BCUT2D eigenvalue weighted by atomic mass is 10.0. The van der Waals surface area contributed by atoms with Crippen LogP contribution >= 0.6 is 23.2 Å². The fourth-order valence-electron chi connectivity index (χ4n) is 4.68. The zero-order chi connectivity index (χ0) is 30.4. The van der Waals surface area contributed by atoms with Crippen LogP contribution < -0.4 is 4.73 Å². The van der Waals surface area contributed by atoms with Crippen molar-refractivity contribution in [2.75, 3.05) is 0 Å². The van der Waals surface area contributed by atoms with Gasteiger partial charge < -0.3 is 5.21 Å². The minimum absolute atomic E-state index is 0.00419. The van der Waals surface area contributed by atoms with Crippen molar-refractivity contribution in [1.82, 2.24) is 49.5 Å². The zero-order valence-electron chi connectivity index (χ0n) is 21.7. The molecule has 0 spiro atoms. The lowest BCUT2D eigenvalue weighted by Crippen LogP contribution is -2.36. The Hall–Kier alpha value is -4.83. The first-order valence-corrected chi connectivity index (χ1v) is 13.1. The van der Waals surface area contributed by atoms with Gasteiger partial charge in [-0.15, -0.1) is 5.10 Å². The van der Waals surface area contributed by atoms with E-state index in [9.17, 15) is 18.4 Å². The first-order chi connectivity index (χ1) is 20.6. The number of aromatic nitrogens is 11. The Balaban J connectivity index is 1.44. The van der Waals surface area contributed by atoms with E-state index in [1.54, 1.807) is 0 Å². The lowest BCUT2D eigenvalue weighted by molar-refractivity contribution is -0.615. The fraction of sp³-hybridized carbons (Fsp3) is 0.160. The molecule has 0 amide bonds. The smallest absolute Gasteiger partial charge is 0.333 e. The molecule has 1 atom stereocenters. The van der Waals surface area contributed by atoms with Gasteiger partial charge in [0.2, 0.25) is 5.69 Å². The molecule has 220 valence electrons. The number of nitrogens with zero attached hydrogens (tertiary/aromatic N) is 11. The standard InChI is InChI=1S/C25H17Cl2F4N11O/c1-38-23(24(29)35-36-38)15-8-33-39(10-15)19(6-13-7-32-41(9-13)25(30)31)17-4-2-14(11-42(17)43)21-18(5-3-16(26)22(21)28)40-12-20(27)34-37-40/h2-5,7-12,19,25H,6H2,1H3/t19-/m1/s1. The Kier molecular flexibility index (Phi) is 7.31. The zero-order valence-corrected chi connectivity index (χ0v) is 23.2. The molecule has 1 aromatic carbocycles. The van der Waals surface area contributed by atoms with E-state index in [-0.39, 0.29) is 44.8 Å². The first kappa shape index (κ1) is 28.3. The van der Waals surface area contributed by atoms with Crippen molar-refractivity contribution >= 4 is 23.2 Å². The number of aryl methyl sites for hydroxylation is 1. The monoisotopic (exact) mass is 633 g/mol. The molecule has 0 radical (unpaired) electrons. The predicted octanol–water partition coefficient (Wildman–Crippen LogP) is 4.57. The molecule has 6 rings (SSSR count). The molecule has 0 fully saturated rings. The van der Waals surface area contributed by atoms with Crippen molar-refractivity contribution in [2.24, 2.45) is 7.05 Å². The van der Waals surface area contributed by atoms with Crippen molar-refractivity contribution < 1.29 is 22.3 Å². The molecule has 18 heteroatoms. The summed E-state index contributed by atoms with van der Waals surface area (Å²) in [6.45, 7) is -2.87. The summed E-state index contributed by atoms with van der Waals surface area (Å²) in [5.41, 5.74) is 1.16. The molecular formula is C25H17Cl2F4N11O. The van der Waals surface area contributed by atoms with Gasteiger partial charge in [-0.25, -0.2) is 18.4 Å². The molecule has 0 saturated heterocycles. The Morgan fingerprint density at radius 3 is 2.37 bits per heavy atom. The fourth-order valence-corrected chi connectivity index (χ4v) is 4.96. The first-order valence-electron chi connectivity index (χ1n) is 12.3. The topological polar surface area (TPSA) is 124 Å². The number of pyridine rings is 1. The Bertz CT molecular complexity index is 1930. The van der Waals surface area contributed by atoms with E-state index in [2.05, 4.69) is 30.8 Å². The van der Waals surface area contributed by atoms with Crippen LogP contribution in [0.1, 0.15) is 23.8 Å². The summed E-state index contributed by atoms with van der Waals surface area (Å²) in [6, 6.07) is 4.87. The summed E-state index contributed by atoms with van der Waals surface area (Å²) in [5, 5.41) is 36.1. The van der Waals surface area contributed by atoms with Gasteiger partial charge in [-0.1, -0.05) is 38.7 Å². The lowest BCUT2D eigenvalue weighted by Gasteiger charge is -2.18. The molecule has 43 heavy (non-hydrogen) atoms. The van der Waals surface area contributed by atoms with Crippen LogP contribution in [0.4, 0.5) is 17.6 Å². The van der Waals surface area contributed by atoms with Gasteiger partial charge >= 0.3 is 6.55 Å². The molecule has 5 aromatic heterocycles. The van der Waals surface area contributed by atoms with E-state index in [0.717, 1.165) is 12.4 Å². The molecule has 0 N–H and O–H groups in total. The van der Waals surface area contributed by atoms with Crippen LogP contribution in [-0.2, 0) is 13.5 Å². The van der Waals surface area contributed by atoms with Gasteiger partial charge in [-0.2, -0.15) is 28.1 Å². The number of hydrogen-bond donors (Lipinski definition) is 0. The second-order valence-electron chi connectivity index (χ2n) is 9.30. The van der Waals surface area contributed by atoms with Crippen LogP contribution in [0.25, 0.3) is 28.1 Å². The number of benzene rings is 1. The Morgan fingerprint density at radius 2 is 1.72 bits per heavy atom. The minimum Gasteiger partial charge on any atom is -0.618 e. The van der Waals surface area contributed by atoms with Gasteiger partial charge in [-0.05, 0) is 23.8 Å². The molecule has 6 aromatic rings. The van der Waals surface area contributed by atoms with Crippen molar-refractivity contribution in [2.45, 2.75) is 19.0 Å². The number of alkyl halides is 2. The third-order valence-electron chi connectivity index (χ3n) is 6.62. The molecule has 5 heterocycles. The Morgan fingerprint density at radius 1 is 0.930 bits per heavy atom. The summed E-state index contributed by atoms with van der Waals surface area (Å²) < 4.78 is 60.9. The summed E-state index contributed by atoms with van der Waals surface area (Å²) in [6.07, 6.45) is 7.71.